The number of ether oxygens (including phenoxy) is 1. The summed E-state index contributed by atoms with van der Waals surface area (Å²) in [6.07, 6.45) is 4.86. The number of hydrogen-bond acceptors (Lipinski definition) is 4. The first kappa shape index (κ1) is 17.0. The number of hydrogen-bond donors (Lipinski definition) is 1. The van der Waals surface area contributed by atoms with E-state index in [2.05, 4.69) is 10.2 Å². The Labute approximate surface area is 143 Å². The van der Waals surface area contributed by atoms with Gasteiger partial charge in [-0.15, -0.1) is 0 Å². The van der Waals surface area contributed by atoms with E-state index in [1.165, 1.54) is 19.8 Å². The Hall–Kier alpha value is -1.88. The number of amides is 1. The predicted molar refractivity (Wildman–Crippen MR) is 92.3 cm³/mol. The largest absolute Gasteiger partial charge is 0.494 e. The van der Waals surface area contributed by atoms with Crippen molar-refractivity contribution in [3.63, 3.8) is 0 Å². The van der Waals surface area contributed by atoms with Crippen LogP contribution in [0.1, 0.15) is 49.4 Å². The van der Waals surface area contributed by atoms with Gasteiger partial charge in [-0.05, 0) is 44.7 Å². The Kier molecular flexibility index (Phi) is 5.51. The van der Waals surface area contributed by atoms with Gasteiger partial charge in [-0.3, -0.25) is 14.5 Å². The first-order valence-corrected chi connectivity index (χ1v) is 8.89. The van der Waals surface area contributed by atoms with E-state index in [0.29, 0.717) is 36.8 Å². The Morgan fingerprint density at radius 3 is 2.88 bits per heavy atom. The van der Waals surface area contributed by atoms with Crippen LogP contribution in [-0.2, 0) is 4.79 Å². The molecule has 0 radical (unpaired) electrons. The molecule has 5 nitrogen and oxygen atoms in total. The standard InChI is InChI=1S/C19H26N2O3/c1-14(22)15-4-2-5-18(12-15)24-11-3-6-19(23)20-16-9-10-21(13-16)17-7-8-17/h2,4-5,12,16-17H,3,6-11,13H2,1H3,(H,20,23)/t16-/m0/s1. The van der Waals surface area contributed by atoms with Gasteiger partial charge in [0.05, 0.1) is 6.61 Å². The second-order valence-electron chi connectivity index (χ2n) is 6.82. The zero-order valence-corrected chi connectivity index (χ0v) is 14.3. The van der Waals surface area contributed by atoms with E-state index < -0.39 is 0 Å². The third-order valence-corrected chi connectivity index (χ3v) is 4.71. The molecule has 24 heavy (non-hydrogen) atoms. The molecule has 3 rings (SSSR count). The van der Waals surface area contributed by atoms with Crippen molar-refractivity contribution in [3.8, 4) is 5.75 Å². The van der Waals surface area contributed by atoms with E-state index in [9.17, 15) is 9.59 Å². The molecule has 0 unspecified atom stereocenters. The molecule has 1 aromatic carbocycles. The van der Waals surface area contributed by atoms with Gasteiger partial charge in [0.2, 0.25) is 5.91 Å². The lowest BCUT2D eigenvalue weighted by atomic mass is 10.1. The highest BCUT2D eigenvalue weighted by atomic mass is 16.5. The van der Waals surface area contributed by atoms with Crippen molar-refractivity contribution in [3.05, 3.63) is 29.8 Å². The lowest BCUT2D eigenvalue weighted by molar-refractivity contribution is -0.121. The zero-order valence-electron chi connectivity index (χ0n) is 14.3. The van der Waals surface area contributed by atoms with Crippen molar-refractivity contribution in [2.24, 2.45) is 0 Å². The van der Waals surface area contributed by atoms with Crippen molar-refractivity contribution in [2.75, 3.05) is 19.7 Å². The van der Waals surface area contributed by atoms with Crippen LogP contribution in [0.2, 0.25) is 0 Å². The minimum Gasteiger partial charge on any atom is -0.494 e. The Morgan fingerprint density at radius 2 is 2.12 bits per heavy atom. The molecule has 1 aliphatic heterocycles. The molecular weight excluding hydrogens is 304 g/mol. The monoisotopic (exact) mass is 330 g/mol. The molecule has 130 valence electrons. The summed E-state index contributed by atoms with van der Waals surface area (Å²) in [4.78, 5) is 25.9. The Balaban J connectivity index is 1.32. The van der Waals surface area contributed by atoms with Crippen LogP contribution in [0.25, 0.3) is 0 Å². The fourth-order valence-electron chi connectivity index (χ4n) is 3.20. The van der Waals surface area contributed by atoms with Crippen LogP contribution in [-0.4, -0.2) is 48.4 Å². The molecule has 2 fully saturated rings. The van der Waals surface area contributed by atoms with E-state index >= 15 is 0 Å². The first-order chi connectivity index (χ1) is 11.6. The second-order valence-corrected chi connectivity index (χ2v) is 6.82. The molecule has 1 amide bonds. The Bertz CT molecular complexity index is 598. The highest BCUT2D eigenvalue weighted by Crippen LogP contribution is 2.29. The van der Waals surface area contributed by atoms with Crippen molar-refractivity contribution >= 4 is 11.7 Å². The summed E-state index contributed by atoms with van der Waals surface area (Å²) in [5.41, 5.74) is 0.645. The van der Waals surface area contributed by atoms with Gasteiger partial charge in [-0.25, -0.2) is 0 Å². The smallest absolute Gasteiger partial charge is 0.220 e. The van der Waals surface area contributed by atoms with E-state index in [4.69, 9.17) is 4.74 Å². The van der Waals surface area contributed by atoms with Gasteiger partial charge in [0.15, 0.2) is 5.78 Å². The van der Waals surface area contributed by atoms with Crippen LogP contribution < -0.4 is 10.1 Å². The van der Waals surface area contributed by atoms with E-state index in [0.717, 1.165) is 25.6 Å². The van der Waals surface area contributed by atoms with E-state index in [1.54, 1.807) is 12.1 Å². The summed E-state index contributed by atoms with van der Waals surface area (Å²) in [6.45, 7) is 4.14. The maximum absolute atomic E-state index is 12.0. The molecule has 2 aliphatic rings. The summed E-state index contributed by atoms with van der Waals surface area (Å²) >= 11 is 0. The topological polar surface area (TPSA) is 58.6 Å². The molecule has 0 aromatic heterocycles. The van der Waals surface area contributed by atoms with Gasteiger partial charge in [0.25, 0.3) is 0 Å². The molecule has 1 atom stereocenters. The molecule has 1 aliphatic carbocycles. The maximum Gasteiger partial charge on any atom is 0.220 e. The van der Waals surface area contributed by atoms with Crippen molar-refractivity contribution < 1.29 is 14.3 Å². The number of carbonyl (C=O) groups excluding carboxylic acids is 2. The molecule has 1 heterocycles. The van der Waals surface area contributed by atoms with Crippen molar-refractivity contribution in [1.82, 2.24) is 10.2 Å². The fraction of sp³-hybridized carbons (Fsp3) is 0.579. The summed E-state index contributed by atoms with van der Waals surface area (Å²) in [5, 5.41) is 3.13. The van der Waals surface area contributed by atoms with E-state index in [-0.39, 0.29) is 11.7 Å². The van der Waals surface area contributed by atoms with Crippen LogP contribution in [0, 0.1) is 0 Å². The van der Waals surface area contributed by atoms with Gasteiger partial charge in [-0.1, -0.05) is 12.1 Å². The molecule has 1 N–H and O–H groups in total. The maximum atomic E-state index is 12.0. The fourth-order valence-corrected chi connectivity index (χ4v) is 3.20. The number of carbonyl (C=O) groups is 2. The molecule has 1 saturated carbocycles. The average molecular weight is 330 g/mol. The minimum atomic E-state index is 0.0247. The van der Waals surface area contributed by atoms with Crippen LogP contribution >= 0.6 is 0 Å². The summed E-state index contributed by atoms with van der Waals surface area (Å²) < 4.78 is 5.63. The number of nitrogens with one attached hydrogen (secondary N) is 1. The summed E-state index contributed by atoms with van der Waals surface area (Å²) in [6, 6.07) is 8.25. The molecule has 1 saturated heterocycles. The van der Waals surface area contributed by atoms with Crippen LogP contribution in [0.5, 0.6) is 5.75 Å². The van der Waals surface area contributed by atoms with Gasteiger partial charge >= 0.3 is 0 Å². The predicted octanol–water partition coefficient (Wildman–Crippen LogP) is 2.40. The summed E-state index contributed by atoms with van der Waals surface area (Å²) in [5.74, 6) is 0.814. The third-order valence-electron chi connectivity index (χ3n) is 4.71. The van der Waals surface area contributed by atoms with Gasteiger partial charge in [-0.2, -0.15) is 0 Å². The third kappa shape index (κ3) is 4.81. The molecule has 1 aromatic rings. The Morgan fingerprint density at radius 1 is 1.29 bits per heavy atom. The van der Waals surface area contributed by atoms with Crippen LogP contribution in [0.15, 0.2) is 24.3 Å². The van der Waals surface area contributed by atoms with E-state index in [1.807, 2.05) is 12.1 Å². The van der Waals surface area contributed by atoms with Crippen LogP contribution in [0.3, 0.4) is 0 Å². The molecule has 5 heteroatoms. The lowest BCUT2D eigenvalue weighted by Crippen LogP contribution is -2.37. The number of likely N-dealkylation sites (tertiary alicyclic amines) is 1. The van der Waals surface area contributed by atoms with Gasteiger partial charge < -0.3 is 10.1 Å². The number of rotatable bonds is 8. The number of benzene rings is 1. The lowest BCUT2D eigenvalue weighted by Gasteiger charge is -2.15. The first-order valence-electron chi connectivity index (χ1n) is 8.89. The molecule has 0 bridgehead atoms. The number of ketones is 1. The molecule has 0 spiro atoms. The SMILES string of the molecule is CC(=O)c1cccc(OCCCC(=O)N[C@H]2CCN(C3CC3)C2)c1. The zero-order chi connectivity index (χ0) is 16.9. The summed E-state index contributed by atoms with van der Waals surface area (Å²) in [7, 11) is 0. The average Bonchev–Trinajstić information content (AvgIpc) is 3.32. The molecular formula is C19H26N2O3. The van der Waals surface area contributed by atoms with Crippen molar-refractivity contribution in [1.29, 1.82) is 0 Å². The quantitative estimate of drug-likeness (QED) is 0.587. The van der Waals surface area contributed by atoms with Gasteiger partial charge in [0.1, 0.15) is 5.75 Å². The van der Waals surface area contributed by atoms with Gasteiger partial charge in [0, 0.05) is 37.2 Å². The van der Waals surface area contributed by atoms with Crippen molar-refractivity contribution in [2.45, 2.75) is 51.1 Å². The number of Topliss-reactive ketones (excluding diaryl/α,β-unsaturated/α-hetero) is 1. The normalized spacial score (nSPS) is 20.8. The van der Waals surface area contributed by atoms with Crippen LogP contribution in [0.4, 0.5) is 0 Å². The minimum absolute atomic E-state index is 0.0247. The second kappa shape index (κ2) is 7.79. The highest BCUT2D eigenvalue weighted by Gasteiger charge is 2.34. The highest BCUT2D eigenvalue weighted by molar-refractivity contribution is 5.94. The number of nitrogens with zero attached hydrogens (tertiary/aromatic N) is 1.